The van der Waals surface area contributed by atoms with Crippen molar-refractivity contribution in [2.24, 2.45) is 5.92 Å². The molecular weight excluding hydrogens is 380 g/mol. The van der Waals surface area contributed by atoms with Gasteiger partial charge in [0.2, 0.25) is 0 Å². The lowest BCUT2D eigenvalue weighted by Gasteiger charge is -2.10. The van der Waals surface area contributed by atoms with E-state index >= 15 is 0 Å². The number of aryl methyl sites for hydroxylation is 3. The molecule has 0 aliphatic rings. The van der Waals surface area contributed by atoms with Crippen LogP contribution < -0.4 is 5.63 Å². The average Bonchev–Trinajstić information content (AvgIpc) is 2.89. The maximum atomic E-state index is 12.6. The second-order valence-corrected chi connectivity index (χ2v) is 7.74. The minimum Gasteiger partial charge on any atom is -0.457 e. The molecule has 0 fully saturated rings. The number of carbonyl (C=O) groups excluding carboxylic acids is 1. The Hall–Kier alpha value is -2.60. The molecule has 0 saturated carbocycles. The van der Waals surface area contributed by atoms with Crippen LogP contribution in [0.5, 0.6) is 0 Å². The van der Waals surface area contributed by atoms with Crippen molar-refractivity contribution >= 4 is 28.5 Å². The molecule has 3 rings (SSSR count). The lowest BCUT2D eigenvalue weighted by Crippen LogP contribution is -2.10. The summed E-state index contributed by atoms with van der Waals surface area (Å²) in [5.41, 5.74) is 3.29. The van der Waals surface area contributed by atoms with E-state index in [4.69, 9.17) is 20.8 Å². The van der Waals surface area contributed by atoms with Gasteiger partial charge in [0.05, 0.1) is 5.69 Å². The van der Waals surface area contributed by atoms with Crippen LogP contribution in [-0.2, 0) is 17.9 Å². The van der Waals surface area contributed by atoms with E-state index in [9.17, 15) is 9.59 Å². The largest absolute Gasteiger partial charge is 0.457 e. The van der Waals surface area contributed by atoms with Crippen LogP contribution in [0, 0.1) is 26.7 Å². The molecule has 2 heterocycles. The molecule has 3 aromatic rings. The number of hydrogen-bond donors (Lipinski definition) is 0. The Morgan fingerprint density at radius 1 is 1.29 bits per heavy atom. The Kier molecular flexibility index (Phi) is 5.61. The highest BCUT2D eigenvalue weighted by molar-refractivity contribution is 6.32. The molecule has 0 spiro atoms. The van der Waals surface area contributed by atoms with Gasteiger partial charge in [-0.1, -0.05) is 37.6 Å². The van der Waals surface area contributed by atoms with Crippen LogP contribution in [0.3, 0.4) is 0 Å². The number of benzene rings is 1. The van der Waals surface area contributed by atoms with E-state index in [1.54, 1.807) is 11.6 Å². The normalized spacial score (nSPS) is 11.4. The molecule has 0 atom stereocenters. The number of rotatable bonds is 5. The van der Waals surface area contributed by atoms with E-state index in [0.29, 0.717) is 29.3 Å². The number of aromatic nitrogens is 2. The van der Waals surface area contributed by atoms with Gasteiger partial charge in [-0.3, -0.25) is 4.68 Å². The fraction of sp³-hybridized carbons (Fsp3) is 0.381. The van der Waals surface area contributed by atoms with Crippen molar-refractivity contribution in [2.75, 3.05) is 0 Å². The van der Waals surface area contributed by atoms with Gasteiger partial charge in [0, 0.05) is 23.6 Å². The predicted octanol–water partition coefficient (Wildman–Crippen LogP) is 4.58. The third-order valence-corrected chi connectivity index (χ3v) is 5.07. The van der Waals surface area contributed by atoms with Crippen molar-refractivity contribution in [2.45, 2.75) is 47.8 Å². The highest BCUT2D eigenvalue weighted by atomic mass is 35.5. The van der Waals surface area contributed by atoms with E-state index in [1.165, 1.54) is 6.07 Å². The summed E-state index contributed by atoms with van der Waals surface area (Å²) in [6, 6.07) is 5.16. The summed E-state index contributed by atoms with van der Waals surface area (Å²) in [6.07, 6.45) is 0. The van der Waals surface area contributed by atoms with Gasteiger partial charge in [-0.25, -0.2) is 9.59 Å². The summed E-state index contributed by atoms with van der Waals surface area (Å²) in [7, 11) is 0. The molecule has 0 bridgehead atoms. The van der Waals surface area contributed by atoms with E-state index in [-0.39, 0.29) is 17.3 Å². The molecule has 0 aliphatic heterocycles. The molecule has 0 aliphatic carbocycles. The van der Waals surface area contributed by atoms with Crippen LogP contribution in [-0.4, -0.2) is 15.7 Å². The van der Waals surface area contributed by atoms with Gasteiger partial charge in [-0.15, -0.1) is 0 Å². The molecule has 0 unspecified atom stereocenters. The average molecular weight is 403 g/mol. The lowest BCUT2D eigenvalue weighted by molar-refractivity contribution is 0.0473. The van der Waals surface area contributed by atoms with E-state index < -0.39 is 11.6 Å². The summed E-state index contributed by atoms with van der Waals surface area (Å²) in [6.45, 7) is 10.2. The van der Waals surface area contributed by atoms with Crippen LogP contribution >= 0.6 is 11.6 Å². The maximum absolute atomic E-state index is 12.6. The van der Waals surface area contributed by atoms with Crippen LogP contribution in [0.15, 0.2) is 27.4 Å². The molecule has 28 heavy (non-hydrogen) atoms. The van der Waals surface area contributed by atoms with Gasteiger partial charge in [0.25, 0.3) is 0 Å². The van der Waals surface area contributed by atoms with Crippen LogP contribution in [0.4, 0.5) is 0 Å². The first-order valence-electron chi connectivity index (χ1n) is 9.12. The minimum absolute atomic E-state index is 0.0609. The molecule has 148 valence electrons. The molecule has 6 nitrogen and oxygen atoms in total. The van der Waals surface area contributed by atoms with Gasteiger partial charge >= 0.3 is 11.6 Å². The summed E-state index contributed by atoms with van der Waals surface area (Å²) < 4.78 is 12.4. The topological polar surface area (TPSA) is 74.3 Å². The Morgan fingerprint density at radius 3 is 2.68 bits per heavy atom. The number of ether oxygens (including phenoxy) is 1. The quantitative estimate of drug-likeness (QED) is 0.461. The summed E-state index contributed by atoms with van der Waals surface area (Å²) in [5.74, 6) is -0.231. The molecule has 1 aromatic carbocycles. The van der Waals surface area contributed by atoms with Gasteiger partial charge in [0.15, 0.2) is 0 Å². The van der Waals surface area contributed by atoms with Crippen molar-refractivity contribution in [1.29, 1.82) is 0 Å². The zero-order valence-electron chi connectivity index (χ0n) is 16.6. The van der Waals surface area contributed by atoms with E-state index in [2.05, 4.69) is 5.10 Å². The number of esters is 1. The number of halogens is 1. The molecule has 0 saturated heterocycles. The zero-order valence-corrected chi connectivity index (χ0v) is 17.4. The SMILES string of the molecule is Cc1ccc2c(COC(=O)c3c(C)nn(CC(C)C)c3Cl)cc(=O)oc2c1C. The third-order valence-electron chi connectivity index (χ3n) is 4.68. The molecule has 0 amide bonds. The maximum Gasteiger partial charge on any atom is 0.343 e. The second-order valence-electron chi connectivity index (χ2n) is 7.38. The van der Waals surface area contributed by atoms with Crippen molar-refractivity contribution in [3.8, 4) is 0 Å². The van der Waals surface area contributed by atoms with Crippen LogP contribution in [0.2, 0.25) is 5.15 Å². The Bertz CT molecular complexity index is 1110. The Morgan fingerprint density at radius 2 is 2.00 bits per heavy atom. The highest BCUT2D eigenvalue weighted by Gasteiger charge is 2.22. The molecule has 0 N–H and O–H groups in total. The standard InChI is InChI=1S/C21H23ClN2O4/c1-11(2)9-24-20(22)18(14(5)23-24)21(26)27-10-15-8-17(25)28-19-13(4)12(3)6-7-16(15)19/h6-8,11H,9-10H2,1-5H3. The first-order valence-corrected chi connectivity index (χ1v) is 9.49. The van der Waals surface area contributed by atoms with Crippen molar-refractivity contribution in [3.05, 3.63) is 61.7 Å². The van der Waals surface area contributed by atoms with Crippen molar-refractivity contribution in [1.82, 2.24) is 9.78 Å². The molecule has 0 radical (unpaired) electrons. The van der Waals surface area contributed by atoms with Crippen LogP contribution in [0.25, 0.3) is 11.0 Å². The monoisotopic (exact) mass is 402 g/mol. The second kappa shape index (κ2) is 7.80. The number of carbonyl (C=O) groups is 1. The molecule has 2 aromatic heterocycles. The van der Waals surface area contributed by atoms with Crippen molar-refractivity contribution in [3.63, 3.8) is 0 Å². The smallest absolute Gasteiger partial charge is 0.343 e. The Labute approximate surface area is 168 Å². The summed E-state index contributed by atoms with van der Waals surface area (Å²) in [4.78, 5) is 24.6. The molecular formula is C21H23ClN2O4. The zero-order chi connectivity index (χ0) is 20.6. The number of fused-ring (bicyclic) bond motifs is 1. The molecule has 7 heteroatoms. The Balaban J connectivity index is 1.89. The first kappa shape index (κ1) is 20.1. The number of nitrogens with zero attached hydrogens (tertiary/aromatic N) is 2. The van der Waals surface area contributed by atoms with E-state index in [0.717, 1.165) is 16.5 Å². The number of hydrogen-bond acceptors (Lipinski definition) is 5. The fourth-order valence-electron chi connectivity index (χ4n) is 3.11. The van der Waals surface area contributed by atoms with Crippen molar-refractivity contribution < 1.29 is 13.9 Å². The lowest BCUT2D eigenvalue weighted by atomic mass is 10.0. The van der Waals surface area contributed by atoms with Gasteiger partial charge in [-0.2, -0.15) is 5.10 Å². The first-order chi connectivity index (χ1) is 13.2. The fourth-order valence-corrected chi connectivity index (χ4v) is 3.43. The van der Waals surface area contributed by atoms with Gasteiger partial charge in [-0.05, 0) is 37.8 Å². The summed E-state index contributed by atoms with van der Waals surface area (Å²) in [5, 5.41) is 5.34. The summed E-state index contributed by atoms with van der Waals surface area (Å²) >= 11 is 6.34. The minimum atomic E-state index is -0.567. The van der Waals surface area contributed by atoms with Crippen LogP contribution in [0.1, 0.15) is 46.6 Å². The van der Waals surface area contributed by atoms with Gasteiger partial charge < -0.3 is 9.15 Å². The van der Waals surface area contributed by atoms with E-state index in [1.807, 2.05) is 39.8 Å². The third kappa shape index (κ3) is 3.83. The van der Waals surface area contributed by atoms with Gasteiger partial charge in [0.1, 0.15) is 22.9 Å². The highest BCUT2D eigenvalue weighted by Crippen LogP contribution is 2.25. The predicted molar refractivity (Wildman–Crippen MR) is 108 cm³/mol.